The van der Waals surface area contributed by atoms with E-state index in [-0.39, 0.29) is 24.4 Å². The molecule has 0 radical (unpaired) electrons. The third-order valence-corrected chi connectivity index (χ3v) is 5.21. The Morgan fingerprint density at radius 3 is 2.59 bits per heavy atom. The van der Waals surface area contributed by atoms with E-state index in [4.69, 9.17) is 4.74 Å². The van der Waals surface area contributed by atoms with Gasteiger partial charge in [0.15, 0.2) is 6.10 Å². The van der Waals surface area contributed by atoms with Crippen molar-refractivity contribution < 1.29 is 22.7 Å². The lowest BCUT2D eigenvalue weighted by Crippen LogP contribution is -2.36. The summed E-state index contributed by atoms with van der Waals surface area (Å²) in [4.78, 5) is 23.5. The van der Waals surface area contributed by atoms with Gasteiger partial charge in [0.25, 0.3) is 5.91 Å². The van der Waals surface area contributed by atoms with Crippen LogP contribution in [0.1, 0.15) is 13.3 Å². The number of fused-ring (bicyclic) bond motifs is 1. The van der Waals surface area contributed by atoms with Crippen molar-refractivity contribution in [2.24, 2.45) is 0 Å². The maximum Gasteiger partial charge on any atom is 0.307 e. The van der Waals surface area contributed by atoms with E-state index in [0.29, 0.717) is 0 Å². The second-order valence-corrected chi connectivity index (χ2v) is 7.59. The van der Waals surface area contributed by atoms with Crippen molar-refractivity contribution in [3.05, 3.63) is 55.1 Å². The highest BCUT2D eigenvalue weighted by molar-refractivity contribution is 7.89. The molecule has 0 unspecified atom stereocenters. The number of amides is 1. The number of hydrogen-bond donors (Lipinski definition) is 2. The van der Waals surface area contributed by atoms with Gasteiger partial charge in [0.1, 0.15) is 0 Å². The predicted molar refractivity (Wildman–Crippen MR) is 103 cm³/mol. The van der Waals surface area contributed by atoms with Crippen molar-refractivity contribution in [1.29, 1.82) is 0 Å². The first kappa shape index (κ1) is 20.6. The summed E-state index contributed by atoms with van der Waals surface area (Å²) in [6, 6.07) is 12.2. The van der Waals surface area contributed by atoms with Gasteiger partial charge in [-0.2, -0.15) is 0 Å². The summed E-state index contributed by atoms with van der Waals surface area (Å²) in [5.74, 6) is -1.11. The Bertz CT molecular complexity index is 940. The molecule has 0 aromatic heterocycles. The van der Waals surface area contributed by atoms with Crippen LogP contribution in [0.4, 0.5) is 0 Å². The van der Waals surface area contributed by atoms with Crippen molar-refractivity contribution in [2.75, 3.05) is 13.1 Å². The van der Waals surface area contributed by atoms with Crippen LogP contribution in [0.5, 0.6) is 0 Å². The number of rotatable bonds is 9. The van der Waals surface area contributed by atoms with E-state index in [9.17, 15) is 18.0 Å². The molecule has 0 heterocycles. The van der Waals surface area contributed by atoms with Gasteiger partial charge in [0.2, 0.25) is 10.0 Å². The summed E-state index contributed by atoms with van der Waals surface area (Å²) in [6.45, 7) is 5.05. The van der Waals surface area contributed by atoms with Crippen LogP contribution in [0.25, 0.3) is 10.8 Å². The van der Waals surface area contributed by atoms with Gasteiger partial charge in [-0.15, -0.1) is 6.58 Å². The fourth-order valence-corrected chi connectivity index (χ4v) is 3.40. The fourth-order valence-electron chi connectivity index (χ4n) is 2.33. The lowest BCUT2D eigenvalue weighted by molar-refractivity contribution is -0.154. The maximum absolute atomic E-state index is 12.4. The maximum atomic E-state index is 12.4. The zero-order chi connectivity index (χ0) is 19.9. The van der Waals surface area contributed by atoms with E-state index in [0.717, 1.165) is 10.8 Å². The van der Waals surface area contributed by atoms with Gasteiger partial charge in [-0.3, -0.25) is 9.59 Å². The minimum Gasteiger partial charge on any atom is -0.453 e. The van der Waals surface area contributed by atoms with Crippen LogP contribution >= 0.6 is 0 Å². The van der Waals surface area contributed by atoms with Crippen LogP contribution in [-0.4, -0.2) is 39.5 Å². The number of sulfonamides is 1. The Labute approximate surface area is 158 Å². The molecule has 0 aliphatic carbocycles. The first-order chi connectivity index (χ1) is 12.8. The normalized spacial score (nSPS) is 12.3. The third-order valence-electron chi connectivity index (χ3n) is 3.75. The van der Waals surface area contributed by atoms with Crippen LogP contribution in [0.2, 0.25) is 0 Å². The molecule has 0 saturated carbocycles. The lowest BCUT2D eigenvalue weighted by Gasteiger charge is -2.13. The predicted octanol–water partition coefficient (Wildman–Crippen LogP) is 1.74. The molecule has 1 atom stereocenters. The van der Waals surface area contributed by atoms with Gasteiger partial charge >= 0.3 is 5.97 Å². The molecule has 0 bridgehead atoms. The first-order valence-corrected chi connectivity index (χ1v) is 9.88. The van der Waals surface area contributed by atoms with Crippen LogP contribution in [0, 0.1) is 0 Å². The number of hydrogen-bond acceptors (Lipinski definition) is 5. The summed E-state index contributed by atoms with van der Waals surface area (Å²) in [5, 5.41) is 4.25. The molecule has 2 N–H and O–H groups in total. The molecular formula is C19H22N2O5S. The van der Waals surface area contributed by atoms with Crippen molar-refractivity contribution in [1.82, 2.24) is 10.0 Å². The Hall–Kier alpha value is -2.71. The van der Waals surface area contributed by atoms with Crippen LogP contribution in [0.15, 0.2) is 60.0 Å². The van der Waals surface area contributed by atoms with E-state index in [1.807, 2.05) is 24.3 Å². The van der Waals surface area contributed by atoms with Gasteiger partial charge < -0.3 is 10.1 Å². The highest BCUT2D eigenvalue weighted by atomic mass is 32.2. The highest BCUT2D eigenvalue weighted by Gasteiger charge is 2.18. The molecule has 0 fully saturated rings. The third kappa shape index (κ3) is 5.90. The van der Waals surface area contributed by atoms with Gasteiger partial charge in [-0.1, -0.05) is 36.4 Å². The van der Waals surface area contributed by atoms with E-state index < -0.39 is 28.0 Å². The Morgan fingerprint density at radius 1 is 1.19 bits per heavy atom. The number of carbonyl (C=O) groups excluding carboxylic acids is 2. The van der Waals surface area contributed by atoms with Crippen molar-refractivity contribution in [3.8, 4) is 0 Å². The Balaban J connectivity index is 1.88. The van der Waals surface area contributed by atoms with Crippen LogP contribution in [0.3, 0.4) is 0 Å². The number of esters is 1. The summed E-state index contributed by atoms with van der Waals surface area (Å²) in [5.41, 5.74) is 0. The van der Waals surface area contributed by atoms with Gasteiger partial charge in [0, 0.05) is 13.1 Å². The SMILES string of the molecule is C=CCNC(=O)[C@@H](C)OC(=O)CCNS(=O)(=O)c1ccc2ccccc2c1. The van der Waals surface area contributed by atoms with Crippen molar-refractivity contribution in [2.45, 2.75) is 24.3 Å². The molecule has 0 saturated heterocycles. The molecule has 2 rings (SSSR count). The average Bonchev–Trinajstić information content (AvgIpc) is 2.65. The van der Waals surface area contributed by atoms with Gasteiger partial charge in [0.05, 0.1) is 11.3 Å². The molecule has 7 nitrogen and oxygen atoms in total. The molecule has 1 amide bonds. The number of nitrogens with one attached hydrogen (secondary N) is 2. The minimum absolute atomic E-state index is 0.117. The molecule has 0 aliphatic heterocycles. The van der Waals surface area contributed by atoms with Crippen LogP contribution in [-0.2, 0) is 24.3 Å². The minimum atomic E-state index is -3.75. The zero-order valence-electron chi connectivity index (χ0n) is 15.0. The van der Waals surface area contributed by atoms with Gasteiger partial charge in [-0.25, -0.2) is 13.1 Å². The standard InChI is InChI=1S/C19H22N2O5S/c1-3-11-20-19(23)14(2)26-18(22)10-12-21-27(24,25)17-9-8-15-6-4-5-7-16(15)13-17/h3-9,13-14,21H,1,10-12H2,2H3,(H,20,23)/t14-/m1/s1. The number of ether oxygens (including phenoxy) is 1. The zero-order valence-corrected chi connectivity index (χ0v) is 15.8. The van der Waals surface area contributed by atoms with E-state index >= 15 is 0 Å². The van der Waals surface area contributed by atoms with Crippen molar-refractivity contribution >= 4 is 32.7 Å². The summed E-state index contributed by atoms with van der Waals surface area (Å²) < 4.78 is 32.1. The summed E-state index contributed by atoms with van der Waals surface area (Å²) in [6.07, 6.45) is 0.356. The topological polar surface area (TPSA) is 102 Å². The van der Waals surface area contributed by atoms with Gasteiger partial charge in [-0.05, 0) is 29.8 Å². The largest absolute Gasteiger partial charge is 0.453 e. The fraction of sp³-hybridized carbons (Fsp3) is 0.263. The van der Waals surface area contributed by atoms with E-state index in [2.05, 4.69) is 16.6 Å². The summed E-state index contributed by atoms with van der Waals surface area (Å²) in [7, 11) is -3.75. The summed E-state index contributed by atoms with van der Waals surface area (Å²) >= 11 is 0. The molecule has 27 heavy (non-hydrogen) atoms. The Kier molecular flexibility index (Phi) is 7.09. The first-order valence-electron chi connectivity index (χ1n) is 8.40. The molecule has 8 heteroatoms. The smallest absolute Gasteiger partial charge is 0.307 e. The monoisotopic (exact) mass is 390 g/mol. The van der Waals surface area contributed by atoms with E-state index in [1.54, 1.807) is 12.1 Å². The molecule has 0 spiro atoms. The Morgan fingerprint density at radius 2 is 1.89 bits per heavy atom. The molecule has 2 aromatic carbocycles. The second-order valence-electron chi connectivity index (χ2n) is 5.82. The quantitative estimate of drug-likeness (QED) is 0.502. The number of carbonyl (C=O) groups is 2. The molecule has 0 aliphatic rings. The second kappa shape index (κ2) is 9.29. The van der Waals surface area contributed by atoms with E-state index in [1.165, 1.54) is 19.1 Å². The van der Waals surface area contributed by atoms with Crippen LogP contribution < -0.4 is 10.0 Å². The van der Waals surface area contributed by atoms with Crippen molar-refractivity contribution in [3.63, 3.8) is 0 Å². The average molecular weight is 390 g/mol. The highest BCUT2D eigenvalue weighted by Crippen LogP contribution is 2.18. The molecule has 2 aromatic rings. The number of benzene rings is 2. The molecule has 144 valence electrons. The lowest BCUT2D eigenvalue weighted by atomic mass is 10.1. The molecular weight excluding hydrogens is 368 g/mol.